The van der Waals surface area contributed by atoms with Gasteiger partial charge >= 0.3 is 0 Å². The minimum Gasteiger partial charge on any atom is -0.314 e. The molecule has 94 valence electrons. The number of nitrogens with zero attached hydrogens (tertiary/aromatic N) is 1. The molecule has 2 N–H and O–H groups in total. The van der Waals surface area contributed by atoms with Crippen LogP contribution in [0, 0.1) is 13.8 Å². The molecule has 1 aromatic carbocycles. The van der Waals surface area contributed by atoms with Gasteiger partial charge in [-0.15, -0.1) is 0 Å². The first kappa shape index (κ1) is 12.6. The molecule has 0 aromatic heterocycles. The first-order chi connectivity index (χ1) is 8.22. The second kappa shape index (κ2) is 5.63. The molecular weight excluding hydrogens is 210 g/mol. The van der Waals surface area contributed by atoms with Crippen LogP contribution in [0.2, 0.25) is 0 Å². The zero-order valence-corrected chi connectivity index (χ0v) is 11.1. The van der Waals surface area contributed by atoms with Gasteiger partial charge in [-0.2, -0.15) is 0 Å². The Kier molecular flexibility index (Phi) is 4.15. The largest absolute Gasteiger partial charge is 0.314 e. The molecule has 0 spiro atoms. The Labute approximate surface area is 104 Å². The predicted octanol–water partition coefficient (Wildman–Crippen LogP) is 1.43. The van der Waals surface area contributed by atoms with Crippen molar-refractivity contribution in [1.82, 2.24) is 15.5 Å². The summed E-state index contributed by atoms with van der Waals surface area (Å²) < 4.78 is 0. The molecule has 17 heavy (non-hydrogen) atoms. The summed E-state index contributed by atoms with van der Waals surface area (Å²) in [4.78, 5) is 2.51. The number of hydrogen-bond acceptors (Lipinski definition) is 3. The number of aryl methyl sites for hydroxylation is 2. The fourth-order valence-electron chi connectivity index (χ4n) is 2.53. The predicted molar refractivity (Wildman–Crippen MR) is 72.2 cm³/mol. The molecule has 2 rings (SSSR count). The highest BCUT2D eigenvalue weighted by atomic mass is 15.3. The Balaban J connectivity index is 2.24. The van der Waals surface area contributed by atoms with Crippen molar-refractivity contribution in [3.63, 3.8) is 0 Å². The van der Waals surface area contributed by atoms with Crippen molar-refractivity contribution in [1.29, 1.82) is 0 Å². The van der Waals surface area contributed by atoms with Gasteiger partial charge < -0.3 is 10.6 Å². The van der Waals surface area contributed by atoms with Crippen molar-refractivity contribution >= 4 is 0 Å². The summed E-state index contributed by atoms with van der Waals surface area (Å²) in [6.45, 7) is 8.75. The molecule has 0 bridgehead atoms. The van der Waals surface area contributed by atoms with Crippen LogP contribution in [0.25, 0.3) is 0 Å². The van der Waals surface area contributed by atoms with Crippen LogP contribution >= 0.6 is 0 Å². The third kappa shape index (κ3) is 2.86. The number of hydrogen-bond donors (Lipinski definition) is 2. The molecule has 3 heteroatoms. The Morgan fingerprint density at radius 3 is 2.59 bits per heavy atom. The molecule has 1 fully saturated rings. The van der Waals surface area contributed by atoms with Crippen molar-refractivity contribution in [2.45, 2.75) is 20.0 Å². The van der Waals surface area contributed by atoms with Crippen molar-refractivity contribution in [2.24, 2.45) is 0 Å². The smallest absolute Gasteiger partial charge is 0.0861 e. The summed E-state index contributed by atoms with van der Waals surface area (Å²) in [6.07, 6.45) is 0.344. The number of benzene rings is 1. The summed E-state index contributed by atoms with van der Waals surface area (Å²) in [5.74, 6) is 0. The molecule has 1 aromatic rings. The monoisotopic (exact) mass is 233 g/mol. The lowest BCUT2D eigenvalue weighted by molar-refractivity contribution is 0.152. The zero-order valence-electron chi connectivity index (χ0n) is 11.1. The highest BCUT2D eigenvalue weighted by molar-refractivity contribution is 5.32. The van der Waals surface area contributed by atoms with Crippen LogP contribution in [-0.4, -0.2) is 38.1 Å². The lowest BCUT2D eigenvalue weighted by atomic mass is 10.0. The fraction of sp³-hybridized carbons (Fsp3) is 0.571. The maximum Gasteiger partial charge on any atom is 0.0861 e. The molecule has 0 saturated carbocycles. The highest BCUT2D eigenvalue weighted by Crippen LogP contribution is 2.22. The molecule has 1 aliphatic heterocycles. The van der Waals surface area contributed by atoms with Crippen LogP contribution in [0.1, 0.15) is 22.9 Å². The van der Waals surface area contributed by atoms with Crippen molar-refractivity contribution in [2.75, 3.05) is 33.2 Å². The molecule has 3 nitrogen and oxygen atoms in total. The minimum absolute atomic E-state index is 0.344. The first-order valence-corrected chi connectivity index (χ1v) is 6.41. The molecular formula is C14H23N3. The van der Waals surface area contributed by atoms with E-state index in [1.165, 1.54) is 16.7 Å². The Morgan fingerprint density at radius 1 is 1.24 bits per heavy atom. The zero-order chi connectivity index (χ0) is 12.3. The van der Waals surface area contributed by atoms with Gasteiger partial charge in [0, 0.05) is 26.2 Å². The van der Waals surface area contributed by atoms with Gasteiger partial charge in [0.1, 0.15) is 0 Å². The maximum atomic E-state index is 3.45. The summed E-state index contributed by atoms with van der Waals surface area (Å²) in [5.41, 5.74) is 4.11. The van der Waals surface area contributed by atoms with Gasteiger partial charge in [0.2, 0.25) is 0 Å². The summed E-state index contributed by atoms with van der Waals surface area (Å²) in [6, 6.07) is 6.71. The van der Waals surface area contributed by atoms with Crippen molar-refractivity contribution in [3.05, 3.63) is 34.9 Å². The third-order valence-electron chi connectivity index (χ3n) is 3.52. The molecule has 0 radical (unpaired) electrons. The first-order valence-electron chi connectivity index (χ1n) is 6.41. The van der Waals surface area contributed by atoms with E-state index < -0.39 is 0 Å². The number of nitrogens with one attached hydrogen (secondary N) is 2. The summed E-state index contributed by atoms with van der Waals surface area (Å²) in [7, 11) is 2.05. The van der Waals surface area contributed by atoms with Crippen LogP contribution in [0.3, 0.4) is 0 Å². The second-order valence-electron chi connectivity index (χ2n) is 4.84. The molecule has 1 aliphatic rings. The van der Waals surface area contributed by atoms with E-state index in [0.29, 0.717) is 6.17 Å². The van der Waals surface area contributed by atoms with E-state index in [-0.39, 0.29) is 0 Å². The SMILES string of the molecule is CNC(c1cc(C)ccc1C)N1CCNCC1. The van der Waals surface area contributed by atoms with Crippen LogP contribution < -0.4 is 10.6 Å². The van der Waals surface area contributed by atoms with E-state index in [1.54, 1.807) is 0 Å². The van der Waals surface area contributed by atoms with Gasteiger partial charge in [-0.3, -0.25) is 4.90 Å². The average molecular weight is 233 g/mol. The van der Waals surface area contributed by atoms with Crippen LogP contribution in [0.15, 0.2) is 18.2 Å². The van der Waals surface area contributed by atoms with Gasteiger partial charge in [-0.05, 0) is 32.0 Å². The molecule has 1 heterocycles. The quantitative estimate of drug-likeness (QED) is 0.827. The van der Waals surface area contributed by atoms with Crippen LogP contribution in [0.5, 0.6) is 0 Å². The normalized spacial score (nSPS) is 19.2. The van der Waals surface area contributed by atoms with E-state index >= 15 is 0 Å². The van der Waals surface area contributed by atoms with Crippen LogP contribution in [0.4, 0.5) is 0 Å². The molecule has 1 atom stereocenters. The number of rotatable bonds is 3. The fourth-order valence-corrected chi connectivity index (χ4v) is 2.53. The lowest BCUT2D eigenvalue weighted by Gasteiger charge is -2.35. The van der Waals surface area contributed by atoms with Gasteiger partial charge in [0.25, 0.3) is 0 Å². The molecule has 1 saturated heterocycles. The molecule has 0 aliphatic carbocycles. The molecule has 0 amide bonds. The topological polar surface area (TPSA) is 27.3 Å². The van der Waals surface area contributed by atoms with Crippen molar-refractivity contribution in [3.8, 4) is 0 Å². The highest BCUT2D eigenvalue weighted by Gasteiger charge is 2.21. The van der Waals surface area contributed by atoms with E-state index in [2.05, 4.69) is 54.6 Å². The van der Waals surface area contributed by atoms with E-state index in [0.717, 1.165) is 26.2 Å². The Morgan fingerprint density at radius 2 is 1.94 bits per heavy atom. The summed E-state index contributed by atoms with van der Waals surface area (Å²) in [5, 5.41) is 6.86. The van der Waals surface area contributed by atoms with Gasteiger partial charge in [0.15, 0.2) is 0 Å². The maximum absolute atomic E-state index is 3.45. The Bertz CT molecular complexity index is 370. The standard InChI is InChI=1S/C14H23N3/c1-11-4-5-12(2)13(10-11)14(15-3)17-8-6-16-7-9-17/h4-5,10,14-16H,6-9H2,1-3H3. The third-order valence-corrected chi connectivity index (χ3v) is 3.52. The van der Waals surface area contributed by atoms with E-state index in [9.17, 15) is 0 Å². The van der Waals surface area contributed by atoms with Gasteiger partial charge in [-0.1, -0.05) is 23.8 Å². The summed E-state index contributed by atoms with van der Waals surface area (Å²) >= 11 is 0. The van der Waals surface area contributed by atoms with E-state index in [1.807, 2.05) is 0 Å². The lowest BCUT2D eigenvalue weighted by Crippen LogP contribution is -2.48. The van der Waals surface area contributed by atoms with E-state index in [4.69, 9.17) is 0 Å². The minimum atomic E-state index is 0.344. The second-order valence-corrected chi connectivity index (χ2v) is 4.84. The van der Waals surface area contributed by atoms with Gasteiger partial charge in [0.05, 0.1) is 6.17 Å². The van der Waals surface area contributed by atoms with Gasteiger partial charge in [-0.25, -0.2) is 0 Å². The molecule has 1 unspecified atom stereocenters. The van der Waals surface area contributed by atoms with Crippen LogP contribution in [-0.2, 0) is 0 Å². The Hall–Kier alpha value is -0.900. The van der Waals surface area contributed by atoms with Crippen molar-refractivity contribution < 1.29 is 0 Å². The average Bonchev–Trinajstić information content (AvgIpc) is 2.36. The number of piperazine rings is 1.